The molecule has 0 aliphatic heterocycles. The maximum absolute atomic E-state index is 13.9. The highest BCUT2D eigenvalue weighted by Gasteiger charge is 2.65. The highest BCUT2D eigenvalue weighted by atomic mass is 16.4. The Bertz CT molecular complexity index is 689. The van der Waals surface area contributed by atoms with Crippen molar-refractivity contribution >= 4 is 11.8 Å². The lowest BCUT2D eigenvalue weighted by molar-refractivity contribution is -0.173. The van der Waals surface area contributed by atoms with E-state index in [0.717, 1.165) is 51.4 Å². The third kappa shape index (κ3) is 3.27. The van der Waals surface area contributed by atoms with Crippen molar-refractivity contribution in [1.82, 2.24) is 0 Å². The molecule has 0 aromatic rings. The highest BCUT2D eigenvalue weighted by Crippen LogP contribution is 2.68. The van der Waals surface area contributed by atoms with E-state index in [0.29, 0.717) is 35.4 Å². The molecule has 4 fully saturated rings. The molecule has 0 bridgehead atoms. The molecule has 4 aliphatic carbocycles. The van der Waals surface area contributed by atoms with Gasteiger partial charge in [0.15, 0.2) is 0 Å². The van der Waals surface area contributed by atoms with E-state index in [-0.39, 0.29) is 35.2 Å². The van der Waals surface area contributed by atoms with Crippen molar-refractivity contribution in [2.75, 3.05) is 0 Å². The predicted molar refractivity (Wildman–Crippen MR) is 117 cm³/mol. The summed E-state index contributed by atoms with van der Waals surface area (Å²) in [6, 6.07) is 0. The number of carboxylic acid groups (broad SMARTS) is 1. The summed E-state index contributed by atoms with van der Waals surface area (Å²) < 4.78 is 0. The van der Waals surface area contributed by atoms with Crippen LogP contribution < -0.4 is 0 Å². The molecule has 0 heterocycles. The Hall–Kier alpha value is -0.900. The normalized spacial score (nSPS) is 49.1. The van der Waals surface area contributed by atoms with Crippen LogP contribution in [0.15, 0.2) is 0 Å². The Morgan fingerprint density at radius 2 is 1.73 bits per heavy atom. The number of carbonyl (C=O) groups excluding carboxylic acids is 1. The lowest BCUT2D eigenvalue weighted by Crippen LogP contribution is -2.60. The van der Waals surface area contributed by atoms with E-state index in [2.05, 4.69) is 27.7 Å². The number of rotatable bonds is 5. The second kappa shape index (κ2) is 7.90. The number of ketones is 1. The van der Waals surface area contributed by atoms with Gasteiger partial charge in [0.25, 0.3) is 0 Å². The Balaban J connectivity index is 1.62. The molecule has 30 heavy (non-hydrogen) atoms. The van der Waals surface area contributed by atoms with E-state index in [1.165, 1.54) is 6.42 Å². The molecule has 4 nitrogen and oxygen atoms in total. The summed E-state index contributed by atoms with van der Waals surface area (Å²) in [4.78, 5) is 25.0. The summed E-state index contributed by atoms with van der Waals surface area (Å²) in [6.45, 7) is 9.28. The van der Waals surface area contributed by atoms with Crippen LogP contribution >= 0.6 is 0 Å². The third-order valence-corrected chi connectivity index (χ3v) is 10.7. The molecule has 0 saturated heterocycles. The number of carboxylic acids is 1. The van der Waals surface area contributed by atoms with Crippen molar-refractivity contribution in [3.8, 4) is 0 Å². The number of aliphatic carboxylic acids is 1. The van der Waals surface area contributed by atoms with E-state index < -0.39 is 5.97 Å². The lowest BCUT2D eigenvalue weighted by atomic mass is 9.42. The van der Waals surface area contributed by atoms with Gasteiger partial charge in [0.1, 0.15) is 5.78 Å². The molecule has 170 valence electrons. The van der Waals surface area contributed by atoms with E-state index in [4.69, 9.17) is 5.11 Å². The zero-order valence-electron chi connectivity index (χ0n) is 19.4. The Kier molecular flexibility index (Phi) is 5.87. The van der Waals surface area contributed by atoms with E-state index in [9.17, 15) is 14.7 Å². The first kappa shape index (κ1) is 22.3. The predicted octanol–water partition coefficient (Wildman–Crippen LogP) is 5.32. The minimum Gasteiger partial charge on any atom is -0.481 e. The summed E-state index contributed by atoms with van der Waals surface area (Å²) in [6.07, 6.45) is 9.01. The zero-order valence-corrected chi connectivity index (χ0v) is 19.4. The van der Waals surface area contributed by atoms with Crippen LogP contribution in [-0.4, -0.2) is 28.1 Å². The Labute approximate surface area is 182 Å². The van der Waals surface area contributed by atoms with Crippen LogP contribution in [0, 0.1) is 52.3 Å². The Morgan fingerprint density at radius 1 is 1.07 bits per heavy atom. The smallest absolute Gasteiger partial charge is 0.303 e. The SMILES string of the molecule is CC[C@@H]1C(=O)[C@H]2[C@@H](CC[C@]3(C)[C@@H]2CC[C@H]3[C@@H](C)CCC(=O)O)[C@]2(C)CC[C@H](O)C[C@H]12. The molecule has 4 heteroatoms. The minimum atomic E-state index is -0.697. The van der Waals surface area contributed by atoms with Gasteiger partial charge in [-0.15, -0.1) is 0 Å². The molecule has 0 spiro atoms. The topological polar surface area (TPSA) is 74.6 Å². The first-order chi connectivity index (χ1) is 14.1. The molecule has 10 atom stereocenters. The van der Waals surface area contributed by atoms with E-state index in [1.54, 1.807) is 0 Å². The van der Waals surface area contributed by atoms with Gasteiger partial charge in [-0.2, -0.15) is 0 Å². The fraction of sp³-hybridized carbons (Fsp3) is 0.923. The van der Waals surface area contributed by atoms with Crippen LogP contribution in [0.1, 0.15) is 91.9 Å². The summed E-state index contributed by atoms with van der Waals surface area (Å²) in [5.74, 6) is 2.31. The van der Waals surface area contributed by atoms with Crippen molar-refractivity contribution in [2.45, 2.75) is 98.0 Å². The zero-order chi connectivity index (χ0) is 21.8. The number of hydrogen-bond acceptors (Lipinski definition) is 3. The van der Waals surface area contributed by atoms with Crippen LogP contribution in [0.25, 0.3) is 0 Å². The van der Waals surface area contributed by atoms with Crippen LogP contribution in [-0.2, 0) is 9.59 Å². The van der Waals surface area contributed by atoms with E-state index >= 15 is 0 Å². The number of carbonyl (C=O) groups is 2. The van der Waals surface area contributed by atoms with Gasteiger partial charge in [0, 0.05) is 18.3 Å². The quantitative estimate of drug-likeness (QED) is 0.633. The van der Waals surface area contributed by atoms with Crippen molar-refractivity contribution in [3.63, 3.8) is 0 Å². The van der Waals surface area contributed by atoms with Crippen molar-refractivity contribution in [3.05, 3.63) is 0 Å². The molecule has 4 rings (SSSR count). The maximum atomic E-state index is 13.9. The monoisotopic (exact) mass is 418 g/mol. The largest absolute Gasteiger partial charge is 0.481 e. The number of aliphatic hydroxyl groups is 1. The van der Waals surface area contributed by atoms with Gasteiger partial charge < -0.3 is 10.2 Å². The highest BCUT2D eigenvalue weighted by molar-refractivity contribution is 5.86. The summed E-state index contributed by atoms with van der Waals surface area (Å²) in [5.41, 5.74) is 0.358. The molecule has 0 unspecified atom stereocenters. The molecular weight excluding hydrogens is 376 g/mol. The molecule has 4 aliphatic rings. The van der Waals surface area contributed by atoms with Crippen molar-refractivity contribution in [1.29, 1.82) is 0 Å². The molecule has 0 aromatic heterocycles. The van der Waals surface area contributed by atoms with Gasteiger partial charge in [-0.3, -0.25) is 9.59 Å². The van der Waals surface area contributed by atoms with Gasteiger partial charge in [0.05, 0.1) is 6.10 Å². The molecule has 0 radical (unpaired) electrons. The fourth-order valence-corrected chi connectivity index (χ4v) is 9.16. The first-order valence-electron chi connectivity index (χ1n) is 12.6. The molecule has 0 amide bonds. The lowest BCUT2D eigenvalue weighted by Gasteiger charge is -2.62. The average Bonchev–Trinajstić information content (AvgIpc) is 3.05. The van der Waals surface area contributed by atoms with Crippen LogP contribution in [0.3, 0.4) is 0 Å². The van der Waals surface area contributed by atoms with Crippen LogP contribution in [0.2, 0.25) is 0 Å². The van der Waals surface area contributed by atoms with E-state index in [1.807, 2.05) is 0 Å². The van der Waals surface area contributed by atoms with Crippen molar-refractivity contribution < 1.29 is 19.8 Å². The van der Waals surface area contributed by atoms with Gasteiger partial charge >= 0.3 is 5.97 Å². The van der Waals surface area contributed by atoms with Gasteiger partial charge in [-0.1, -0.05) is 27.7 Å². The number of fused-ring (bicyclic) bond motifs is 5. The number of hydrogen-bond donors (Lipinski definition) is 2. The third-order valence-electron chi connectivity index (χ3n) is 10.7. The first-order valence-corrected chi connectivity index (χ1v) is 12.6. The van der Waals surface area contributed by atoms with Gasteiger partial charge in [-0.05, 0) is 98.2 Å². The molecule has 4 saturated carbocycles. The molecule has 0 aromatic carbocycles. The Morgan fingerprint density at radius 3 is 2.40 bits per heavy atom. The standard InChI is InChI=1S/C26H42O4/c1-5-17-21-14-16(27)10-12-26(21,4)20-11-13-25(3)18(15(2)6-9-22(28)29)7-8-19(25)23(20)24(17)30/h15-21,23,27H,5-14H2,1-4H3,(H,28,29)/t15-,16-,17-,18-,19+,20+,21+,23+,25-,26-/m0/s1. The summed E-state index contributed by atoms with van der Waals surface area (Å²) in [5, 5.41) is 19.5. The summed E-state index contributed by atoms with van der Waals surface area (Å²) >= 11 is 0. The fourth-order valence-electron chi connectivity index (χ4n) is 9.16. The number of Topliss-reactive ketones (excluding diaryl/α,β-unsaturated/α-hetero) is 1. The minimum absolute atomic E-state index is 0.108. The van der Waals surface area contributed by atoms with Crippen LogP contribution in [0.5, 0.6) is 0 Å². The molecule has 2 N–H and O–H groups in total. The van der Waals surface area contributed by atoms with Crippen LogP contribution in [0.4, 0.5) is 0 Å². The average molecular weight is 419 g/mol. The second-order valence-electron chi connectivity index (χ2n) is 11.8. The number of aliphatic hydroxyl groups excluding tert-OH is 1. The maximum Gasteiger partial charge on any atom is 0.303 e. The van der Waals surface area contributed by atoms with Gasteiger partial charge in [-0.25, -0.2) is 0 Å². The second-order valence-corrected chi connectivity index (χ2v) is 11.8. The van der Waals surface area contributed by atoms with Crippen molar-refractivity contribution in [2.24, 2.45) is 52.3 Å². The molecular formula is C26H42O4. The van der Waals surface area contributed by atoms with Gasteiger partial charge in [0.2, 0.25) is 0 Å². The summed E-state index contributed by atoms with van der Waals surface area (Å²) in [7, 11) is 0.